The standard InChI is InChI=1S/C25H38N6O9/c26-12-2-1-3-16(27)22(36)29-17(8-10-20(28)33)23(37)30-18(9-11-21(34)35)24(38)31-19(25(39)40)13-14-4-6-15(32)7-5-14/h4-7,16-19,32H,1-3,8-13,26-27H2,(H2,28,33)(H,29,36)(H,30,37)(H,31,38)(H,34,35)(H,39,40). The lowest BCUT2D eigenvalue weighted by atomic mass is 10.0. The highest BCUT2D eigenvalue weighted by molar-refractivity contribution is 5.94. The number of aliphatic carboxylic acids is 2. The van der Waals surface area contributed by atoms with Crippen LogP contribution in [0.4, 0.5) is 0 Å². The van der Waals surface area contributed by atoms with E-state index >= 15 is 0 Å². The number of phenolic OH excluding ortho intramolecular Hbond substituents is 1. The molecular formula is C25H38N6O9. The van der Waals surface area contributed by atoms with Crippen molar-refractivity contribution in [3.63, 3.8) is 0 Å². The summed E-state index contributed by atoms with van der Waals surface area (Å²) in [6.45, 7) is 0.412. The molecule has 0 aliphatic heterocycles. The summed E-state index contributed by atoms with van der Waals surface area (Å²) >= 11 is 0. The molecule has 0 aliphatic carbocycles. The fourth-order valence-electron chi connectivity index (χ4n) is 3.62. The fraction of sp³-hybridized carbons (Fsp3) is 0.520. The van der Waals surface area contributed by atoms with Crippen LogP contribution in [0.5, 0.6) is 5.75 Å². The van der Waals surface area contributed by atoms with Crippen molar-refractivity contribution in [1.82, 2.24) is 16.0 Å². The molecule has 4 atom stereocenters. The number of carboxylic acid groups (broad SMARTS) is 2. The molecule has 0 fully saturated rings. The molecule has 4 amide bonds. The van der Waals surface area contributed by atoms with Crippen LogP contribution in [0.25, 0.3) is 0 Å². The molecule has 0 bridgehead atoms. The van der Waals surface area contributed by atoms with Crippen molar-refractivity contribution in [2.45, 2.75) is 75.5 Å². The van der Waals surface area contributed by atoms with Gasteiger partial charge in [-0.05, 0) is 49.9 Å². The Labute approximate surface area is 230 Å². The Bertz CT molecular complexity index is 1030. The number of rotatable bonds is 19. The van der Waals surface area contributed by atoms with Crippen molar-refractivity contribution in [2.75, 3.05) is 6.54 Å². The molecule has 40 heavy (non-hydrogen) atoms. The lowest BCUT2D eigenvalue weighted by molar-refractivity contribution is -0.143. The Kier molecular flexibility index (Phi) is 14.7. The second-order valence-corrected chi connectivity index (χ2v) is 9.22. The predicted molar refractivity (Wildman–Crippen MR) is 141 cm³/mol. The van der Waals surface area contributed by atoms with Crippen LogP contribution in [0.2, 0.25) is 0 Å². The second-order valence-electron chi connectivity index (χ2n) is 9.22. The van der Waals surface area contributed by atoms with Gasteiger partial charge in [-0.25, -0.2) is 4.79 Å². The number of hydrogen-bond donors (Lipinski definition) is 9. The monoisotopic (exact) mass is 566 g/mol. The molecule has 1 aromatic rings. The largest absolute Gasteiger partial charge is 0.508 e. The SMILES string of the molecule is NCCCCC(N)C(=O)NC(CCC(N)=O)C(=O)NC(CCC(=O)O)C(=O)NC(Cc1ccc(O)cc1)C(=O)O. The van der Waals surface area contributed by atoms with Crippen LogP contribution in [0.1, 0.15) is 50.5 Å². The smallest absolute Gasteiger partial charge is 0.326 e. The Morgan fingerprint density at radius 2 is 1.27 bits per heavy atom. The van der Waals surface area contributed by atoms with Gasteiger partial charge in [0.2, 0.25) is 23.6 Å². The summed E-state index contributed by atoms with van der Waals surface area (Å²) in [5, 5.41) is 35.2. The fourth-order valence-corrected chi connectivity index (χ4v) is 3.62. The third kappa shape index (κ3) is 13.0. The van der Waals surface area contributed by atoms with Crippen LogP contribution in [-0.4, -0.2) is 81.6 Å². The number of unbranched alkanes of at least 4 members (excludes halogenated alkanes) is 1. The first-order chi connectivity index (χ1) is 18.8. The zero-order valence-electron chi connectivity index (χ0n) is 22.0. The summed E-state index contributed by atoms with van der Waals surface area (Å²) < 4.78 is 0. The van der Waals surface area contributed by atoms with E-state index in [0.29, 0.717) is 24.9 Å². The first-order valence-electron chi connectivity index (χ1n) is 12.7. The molecule has 222 valence electrons. The molecule has 0 radical (unpaired) electrons. The van der Waals surface area contributed by atoms with Gasteiger partial charge in [0.15, 0.2) is 0 Å². The van der Waals surface area contributed by atoms with E-state index in [1.54, 1.807) is 0 Å². The molecule has 0 spiro atoms. The van der Waals surface area contributed by atoms with Crippen molar-refractivity contribution in [3.05, 3.63) is 29.8 Å². The van der Waals surface area contributed by atoms with Crippen LogP contribution in [0.3, 0.4) is 0 Å². The third-order valence-corrected chi connectivity index (χ3v) is 5.89. The first kappa shape index (κ1) is 33.8. The average molecular weight is 567 g/mol. The summed E-state index contributed by atoms with van der Waals surface area (Å²) in [7, 11) is 0. The van der Waals surface area contributed by atoms with E-state index in [2.05, 4.69) is 16.0 Å². The quantitative estimate of drug-likeness (QED) is 0.0830. The minimum absolute atomic E-state index is 0.0365. The molecule has 12 N–H and O–H groups in total. The highest BCUT2D eigenvalue weighted by atomic mass is 16.4. The van der Waals surface area contributed by atoms with E-state index in [-0.39, 0.29) is 31.4 Å². The maximum absolute atomic E-state index is 13.1. The van der Waals surface area contributed by atoms with E-state index < -0.39 is 72.6 Å². The highest BCUT2D eigenvalue weighted by Crippen LogP contribution is 2.12. The number of hydrogen-bond acceptors (Lipinski definition) is 9. The van der Waals surface area contributed by atoms with Crippen LogP contribution in [0, 0.1) is 0 Å². The van der Waals surface area contributed by atoms with Gasteiger partial charge in [0.25, 0.3) is 0 Å². The van der Waals surface area contributed by atoms with Crippen molar-refractivity contribution >= 4 is 35.6 Å². The van der Waals surface area contributed by atoms with E-state index in [9.17, 15) is 39.0 Å². The second kappa shape index (κ2) is 17.4. The number of carbonyl (C=O) groups is 6. The van der Waals surface area contributed by atoms with Crippen LogP contribution in [-0.2, 0) is 35.2 Å². The van der Waals surface area contributed by atoms with Crippen LogP contribution in [0.15, 0.2) is 24.3 Å². The Hall–Kier alpha value is -4.24. The zero-order chi connectivity index (χ0) is 30.2. The molecule has 0 heterocycles. The van der Waals surface area contributed by atoms with Crippen LogP contribution >= 0.6 is 0 Å². The van der Waals surface area contributed by atoms with Gasteiger partial charge >= 0.3 is 11.9 Å². The molecule has 15 heteroatoms. The first-order valence-corrected chi connectivity index (χ1v) is 12.7. The number of primary amides is 1. The molecule has 0 saturated heterocycles. The van der Waals surface area contributed by atoms with E-state index in [1.165, 1.54) is 24.3 Å². The van der Waals surface area contributed by atoms with Crippen molar-refractivity contribution < 1.29 is 44.1 Å². The van der Waals surface area contributed by atoms with E-state index in [0.717, 1.165) is 0 Å². The number of nitrogens with one attached hydrogen (secondary N) is 3. The lowest BCUT2D eigenvalue weighted by Crippen LogP contribution is -2.57. The summed E-state index contributed by atoms with van der Waals surface area (Å²) in [6, 6.07) is 0.370. The van der Waals surface area contributed by atoms with Gasteiger partial charge in [-0.2, -0.15) is 0 Å². The lowest BCUT2D eigenvalue weighted by Gasteiger charge is -2.25. The third-order valence-electron chi connectivity index (χ3n) is 5.89. The number of amides is 4. The summed E-state index contributed by atoms with van der Waals surface area (Å²) in [6.07, 6.45) is -0.137. The number of phenols is 1. The number of carbonyl (C=O) groups excluding carboxylic acids is 4. The van der Waals surface area contributed by atoms with E-state index in [1.807, 2.05) is 0 Å². The number of aromatic hydroxyl groups is 1. The highest BCUT2D eigenvalue weighted by Gasteiger charge is 2.31. The Morgan fingerprint density at radius 3 is 1.77 bits per heavy atom. The predicted octanol–water partition coefficient (Wildman–Crippen LogP) is -1.94. The van der Waals surface area contributed by atoms with Gasteiger partial charge in [-0.15, -0.1) is 0 Å². The number of benzene rings is 1. The van der Waals surface area contributed by atoms with Crippen molar-refractivity contribution in [3.8, 4) is 5.75 Å². The molecule has 15 nitrogen and oxygen atoms in total. The molecule has 4 unspecified atom stereocenters. The van der Waals surface area contributed by atoms with Gasteiger partial charge in [0, 0.05) is 19.3 Å². The van der Waals surface area contributed by atoms with Gasteiger partial charge in [-0.3, -0.25) is 24.0 Å². The summed E-state index contributed by atoms with van der Waals surface area (Å²) in [5.41, 5.74) is 17.0. The normalized spacial score (nSPS) is 13.8. The molecule has 0 aromatic heterocycles. The number of nitrogens with two attached hydrogens (primary N) is 3. The molecular weight excluding hydrogens is 528 g/mol. The van der Waals surface area contributed by atoms with Gasteiger partial charge in [0.1, 0.15) is 23.9 Å². The molecule has 1 rings (SSSR count). The minimum atomic E-state index is -1.49. The summed E-state index contributed by atoms with van der Waals surface area (Å²) in [5.74, 6) is -6.02. The van der Waals surface area contributed by atoms with Crippen LogP contribution < -0.4 is 33.2 Å². The zero-order valence-corrected chi connectivity index (χ0v) is 22.0. The van der Waals surface area contributed by atoms with Crippen molar-refractivity contribution in [1.29, 1.82) is 0 Å². The molecule has 1 aromatic carbocycles. The average Bonchev–Trinajstić information content (AvgIpc) is 2.89. The molecule has 0 aliphatic rings. The molecule has 0 saturated carbocycles. The van der Waals surface area contributed by atoms with E-state index in [4.69, 9.17) is 22.3 Å². The number of carboxylic acids is 2. The van der Waals surface area contributed by atoms with Gasteiger partial charge in [0.05, 0.1) is 6.04 Å². The van der Waals surface area contributed by atoms with Crippen molar-refractivity contribution in [2.24, 2.45) is 17.2 Å². The van der Waals surface area contributed by atoms with Gasteiger partial charge in [-0.1, -0.05) is 18.6 Å². The topological polar surface area (TPSA) is 277 Å². The minimum Gasteiger partial charge on any atom is -0.508 e. The summed E-state index contributed by atoms with van der Waals surface area (Å²) in [4.78, 5) is 72.9. The maximum atomic E-state index is 13.1. The van der Waals surface area contributed by atoms with Gasteiger partial charge < -0.3 is 48.5 Å². The Balaban J connectivity index is 3.04. The Morgan fingerprint density at radius 1 is 0.750 bits per heavy atom. The maximum Gasteiger partial charge on any atom is 0.326 e.